The third kappa shape index (κ3) is 1.31. The molecule has 1 aromatic heterocycles. The number of aromatic nitrogens is 2. The van der Waals surface area contributed by atoms with Crippen molar-refractivity contribution in [2.45, 2.75) is 0 Å². The number of rotatable bonds is 1. The highest BCUT2D eigenvalue weighted by molar-refractivity contribution is 5.71. The van der Waals surface area contributed by atoms with E-state index < -0.39 is 6.98 Å². The van der Waals surface area contributed by atoms with Crippen LogP contribution in [0.25, 0.3) is 16.7 Å². The van der Waals surface area contributed by atoms with E-state index in [0.717, 1.165) is 11.2 Å². The monoisotopic (exact) mass is 211 g/mol. The maximum absolute atomic E-state index is 7.58. The van der Waals surface area contributed by atoms with Crippen molar-refractivity contribution in [1.82, 2.24) is 4.57 Å². The van der Waals surface area contributed by atoms with Gasteiger partial charge in [-0.05, 0) is 0 Å². The third-order valence-corrected chi connectivity index (χ3v) is 2.58. The van der Waals surface area contributed by atoms with E-state index in [4.69, 9.17) is 4.11 Å². The average molecular weight is 211 g/mol. The van der Waals surface area contributed by atoms with E-state index in [2.05, 4.69) is 6.33 Å². The lowest BCUT2D eigenvalue weighted by molar-refractivity contribution is -0.572. The Morgan fingerprint density at radius 3 is 2.62 bits per heavy atom. The van der Waals surface area contributed by atoms with Crippen LogP contribution < -0.4 is 4.57 Å². The van der Waals surface area contributed by atoms with Crippen LogP contribution in [-0.2, 0) is 6.98 Å². The Kier molecular flexibility index (Phi) is 1.41. The fraction of sp³-hybridized carbons (Fsp3) is 0.0714. The Morgan fingerprint density at radius 2 is 1.81 bits per heavy atom. The van der Waals surface area contributed by atoms with Gasteiger partial charge in [0.05, 0.1) is 27.8 Å². The molecular weight excluding hydrogens is 196 g/mol. The van der Waals surface area contributed by atoms with Gasteiger partial charge in [0.25, 0.3) is 0 Å². The minimum Gasteiger partial charge on any atom is -0.319 e. The van der Waals surface area contributed by atoms with E-state index in [9.17, 15) is 0 Å². The van der Waals surface area contributed by atoms with Gasteiger partial charge in [0, 0.05) is 0 Å². The van der Waals surface area contributed by atoms with Crippen LogP contribution in [0.4, 0.5) is 0 Å². The molecule has 0 bridgehead atoms. The first-order chi connectivity index (χ1) is 9.07. The highest BCUT2D eigenvalue weighted by atomic mass is 15.1. The van der Waals surface area contributed by atoms with Gasteiger partial charge >= 0.3 is 0 Å². The molecule has 0 aliphatic carbocycles. The second-order valence-corrected chi connectivity index (χ2v) is 3.60. The zero-order valence-electron chi connectivity index (χ0n) is 11.6. The van der Waals surface area contributed by atoms with Crippen molar-refractivity contribution in [2.75, 3.05) is 0 Å². The van der Waals surface area contributed by atoms with Crippen molar-refractivity contribution in [1.29, 1.82) is 0 Å². The average Bonchev–Trinajstić information content (AvgIpc) is 2.79. The van der Waals surface area contributed by atoms with Gasteiger partial charge in [0.1, 0.15) is 0 Å². The first-order valence-corrected chi connectivity index (χ1v) is 5.08. The van der Waals surface area contributed by atoms with Crippen molar-refractivity contribution in [3.05, 3.63) is 60.9 Å². The lowest BCUT2D eigenvalue weighted by atomic mass is 10.3. The molecule has 3 aromatic rings. The normalized spacial score (nSPS) is 14.4. The van der Waals surface area contributed by atoms with Crippen molar-refractivity contribution in [3.63, 3.8) is 0 Å². The molecule has 0 saturated heterocycles. The van der Waals surface area contributed by atoms with Crippen LogP contribution in [0.1, 0.15) is 4.11 Å². The lowest BCUT2D eigenvalue weighted by Gasteiger charge is -2.03. The van der Waals surface area contributed by atoms with Gasteiger partial charge in [0.2, 0.25) is 6.33 Å². The summed E-state index contributed by atoms with van der Waals surface area (Å²) in [5.74, 6) is 0. The minimum absolute atomic E-state index is 0.645. The molecule has 1 heterocycles. The predicted octanol–water partition coefficient (Wildman–Crippen LogP) is 2.26. The number of fused-ring (bicyclic) bond motifs is 1. The Morgan fingerprint density at radius 1 is 1.06 bits per heavy atom. The standard InChI is InChI=1S/C14H12N2/c1-15-11-16(12-7-3-2-4-8-12)14-10-6-5-9-13(14)15/h2-10H,1H3/i1D3. The molecule has 0 spiro atoms. The van der Waals surface area contributed by atoms with Crippen LogP contribution in [0.3, 0.4) is 0 Å². The number of hydrogen-bond acceptors (Lipinski definition) is 0. The van der Waals surface area contributed by atoms with E-state index in [0.29, 0.717) is 5.52 Å². The van der Waals surface area contributed by atoms with Gasteiger partial charge in [-0.2, -0.15) is 0 Å². The zero-order valence-corrected chi connectivity index (χ0v) is 8.59. The smallest absolute Gasteiger partial charge is 0.244 e. The molecule has 78 valence electrons. The molecule has 0 aliphatic rings. The van der Waals surface area contributed by atoms with Crippen LogP contribution in [-0.4, -0.2) is 4.57 Å². The molecule has 2 nitrogen and oxygen atoms in total. The first kappa shape index (κ1) is 6.48. The SMILES string of the molecule is [2H]C([2H])([2H])n1[c-][n+](-c2ccccc2)c2ccccc21. The molecular formula is C14H12N2. The number of nitrogens with zero attached hydrogens (tertiary/aromatic N) is 2. The first-order valence-electron chi connectivity index (χ1n) is 6.58. The maximum Gasteiger partial charge on any atom is 0.244 e. The molecule has 3 rings (SSSR count). The Balaban J connectivity index is 2.33. The molecule has 0 saturated carbocycles. The molecule has 0 amide bonds. The van der Waals surface area contributed by atoms with Crippen LogP contribution in [0.5, 0.6) is 0 Å². The molecule has 0 unspecified atom stereocenters. The molecule has 0 aliphatic heterocycles. The Labute approximate surface area is 98.6 Å². The van der Waals surface area contributed by atoms with E-state index >= 15 is 0 Å². The lowest BCUT2D eigenvalue weighted by Crippen LogP contribution is -2.29. The topological polar surface area (TPSA) is 8.81 Å². The fourth-order valence-electron chi connectivity index (χ4n) is 1.82. The maximum atomic E-state index is 7.58. The van der Waals surface area contributed by atoms with E-state index in [1.54, 1.807) is 10.6 Å². The van der Waals surface area contributed by atoms with E-state index in [-0.39, 0.29) is 0 Å². The van der Waals surface area contributed by atoms with Gasteiger partial charge in [-0.15, -0.1) is 0 Å². The minimum atomic E-state index is -2.24. The summed E-state index contributed by atoms with van der Waals surface area (Å²) in [6.07, 6.45) is 2.92. The number of hydrogen-bond donors (Lipinski definition) is 0. The van der Waals surface area contributed by atoms with Crippen molar-refractivity contribution < 1.29 is 8.68 Å². The van der Waals surface area contributed by atoms with Crippen molar-refractivity contribution in [3.8, 4) is 5.69 Å². The molecule has 0 N–H and O–H groups in total. The van der Waals surface area contributed by atoms with E-state index in [1.807, 2.05) is 48.5 Å². The summed E-state index contributed by atoms with van der Waals surface area (Å²) < 4.78 is 25.7. The Hall–Kier alpha value is -2.09. The van der Waals surface area contributed by atoms with Gasteiger partial charge < -0.3 is 9.13 Å². The van der Waals surface area contributed by atoms with Crippen LogP contribution in [0, 0.1) is 6.33 Å². The predicted molar refractivity (Wildman–Crippen MR) is 63.3 cm³/mol. The Bertz CT molecular complexity index is 714. The molecule has 0 atom stereocenters. The molecule has 16 heavy (non-hydrogen) atoms. The van der Waals surface area contributed by atoms with Crippen LogP contribution in [0.2, 0.25) is 0 Å². The quantitative estimate of drug-likeness (QED) is 0.431. The summed E-state index contributed by atoms with van der Waals surface area (Å²) in [7, 11) is 0. The molecule has 2 aromatic carbocycles. The second-order valence-electron chi connectivity index (χ2n) is 3.60. The van der Waals surface area contributed by atoms with Crippen molar-refractivity contribution in [2.24, 2.45) is 6.98 Å². The summed E-state index contributed by atoms with van der Waals surface area (Å²) in [6, 6.07) is 17.0. The summed E-state index contributed by atoms with van der Waals surface area (Å²) in [6.45, 7) is -2.24. The summed E-state index contributed by atoms with van der Waals surface area (Å²) in [4.78, 5) is 0. The van der Waals surface area contributed by atoms with Crippen molar-refractivity contribution >= 4 is 11.0 Å². The summed E-state index contributed by atoms with van der Waals surface area (Å²) >= 11 is 0. The third-order valence-electron chi connectivity index (χ3n) is 2.58. The van der Waals surface area contributed by atoms with Crippen LogP contribution >= 0.6 is 0 Å². The molecule has 2 heteroatoms. The second kappa shape index (κ2) is 3.49. The number of para-hydroxylation sites is 3. The van der Waals surface area contributed by atoms with Gasteiger partial charge in [-0.3, -0.25) is 0 Å². The van der Waals surface area contributed by atoms with E-state index in [1.165, 1.54) is 4.57 Å². The molecule has 0 radical (unpaired) electrons. The highest BCUT2D eigenvalue weighted by Crippen LogP contribution is 2.11. The van der Waals surface area contributed by atoms with Gasteiger partial charge in [-0.1, -0.05) is 54.6 Å². The fourth-order valence-corrected chi connectivity index (χ4v) is 1.82. The van der Waals surface area contributed by atoms with Gasteiger partial charge in [0.15, 0.2) is 0 Å². The van der Waals surface area contributed by atoms with Crippen LogP contribution in [0.15, 0.2) is 54.6 Å². The highest BCUT2D eigenvalue weighted by Gasteiger charge is 2.04. The number of benzene rings is 2. The zero-order chi connectivity index (χ0) is 13.5. The number of imidazole rings is 1. The summed E-state index contributed by atoms with van der Waals surface area (Å²) in [5, 5.41) is 0. The summed E-state index contributed by atoms with van der Waals surface area (Å²) in [5.41, 5.74) is 2.36. The number of aryl methyl sites for hydroxylation is 1. The molecule has 0 fully saturated rings. The van der Waals surface area contributed by atoms with Gasteiger partial charge in [-0.25, -0.2) is 0 Å². The largest absolute Gasteiger partial charge is 0.319 e.